The highest BCUT2D eigenvalue weighted by Gasteiger charge is 2.38. The lowest BCUT2D eigenvalue weighted by Gasteiger charge is -2.30. The van der Waals surface area contributed by atoms with Crippen molar-refractivity contribution in [2.45, 2.75) is 48.4 Å². The normalized spacial score (nSPS) is 29.9. The first-order chi connectivity index (χ1) is 8.48. The summed E-state index contributed by atoms with van der Waals surface area (Å²) < 4.78 is 25.6. The van der Waals surface area contributed by atoms with Crippen molar-refractivity contribution < 1.29 is 8.42 Å². The van der Waals surface area contributed by atoms with Gasteiger partial charge >= 0.3 is 0 Å². The highest BCUT2D eigenvalue weighted by molar-refractivity contribution is 9.10. The first-order valence-electron chi connectivity index (χ1n) is 6.28. The van der Waals surface area contributed by atoms with Crippen molar-refractivity contribution in [1.29, 1.82) is 0 Å². The quantitative estimate of drug-likeness (QED) is 0.907. The summed E-state index contributed by atoms with van der Waals surface area (Å²) in [7, 11) is -3.15. The Hall–Kier alpha value is -0.390. The molecule has 1 aromatic carbocycles. The van der Waals surface area contributed by atoms with Crippen molar-refractivity contribution in [1.82, 2.24) is 5.32 Å². The van der Waals surface area contributed by atoms with E-state index in [4.69, 9.17) is 0 Å². The Bertz CT molecular complexity index is 581. The van der Waals surface area contributed by atoms with Crippen LogP contribution in [0, 0.1) is 0 Å². The third-order valence-electron chi connectivity index (χ3n) is 3.77. The number of hydrogen-bond donors (Lipinski definition) is 1. The van der Waals surface area contributed by atoms with Crippen LogP contribution in [0.3, 0.4) is 0 Å². The standard InChI is InChI=1S/C13H16BrNO2S/c1-8-6-12(15-10-3-4-10)11-7-9(14)2-5-13(11)18(8,16)17/h2,5,7-8,10,12,15H,3-4,6H2,1H3. The Morgan fingerprint density at radius 3 is 2.72 bits per heavy atom. The van der Waals surface area contributed by atoms with E-state index in [1.54, 1.807) is 6.07 Å². The summed E-state index contributed by atoms with van der Waals surface area (Å²) >= 11 is 3.43. The number of sulfone groups is 1. The van der Waals surface area contributed by atoms with Crippen molar-refractivity contribution in [2.24, 2.45) is 0 Å². The van der Waals surface area contributed by atoms with Crippen molar-refractivity contribution in [3.8, 4) is 0 Å². The number of hydrogen-bond acceptors (Lipinski definition) is 3. The van der Waals surface area contributed by atoms with E-state index in [0.717, 1.165) is 10.0 Å². The van der Waals surface area contributed by atoms with Crippen LogP contribution in [0.2, 0.25) is 0 Å². The SMILES string of the molecule is CC1CC(NC2CC2)c2cc(Br)ccc2S1(=O)=O. The Labute approximate surface area is 116 Å². The van der Waals surface area contributed by atoms with Crippen LogP contribution >= 0.6 is 15.9 Å². The van der Waals surface area contributed by atoms with Gasteiger partial charge < -0.3 is 5.32 Å². The first kappa shape index (κ1) is 12.6. The van der Waals surface area contributed by atoms with Crippen molar-refractivity contribution in [3.63, 3.8) is 0 Å². The van der Waals surface area contributed by atoms with Crippen LogP contribution in [0.1, 0.15) is 37.8 Å². The lowest BCUT2D eigenvalue weighted by Crippen LogP contribution is -2.35. The zero-order chi connectivity index (χ0) is 12.9. The topological polar surface area (TPSA) is 46.2 Å². The van der Waals surface area contributed by atoms with E-state index in [0.29, 0.717) is 17.4 Å². The van der Waals surface area contributed by atoms with Gasteiger partial charge in [0.05, 0.1) is 10.1 Å². The molecule has 0 spiro atoms. The maximum absolute atomic E-state index is 12.3. The fraction of sp³-hybridized carbons (Fsp3) is 0.538. The molecule has 3 rings (SSSR count). The number of benzene rings is 1. The number of rotatable bonds is 2. The fourth-order valence-corrected chi connectivity index (χ4v) is 4.59. The molecule has 0 amide bonds. The molecule has 1 aliphatic carbocycles. The van der Waals surface area contributed by atoms with E-state index in [-0.39, 0.29) is 11.3 Å². The van der Waals surface area contributed by atoms with Crippen LogP contribution < -0.4 is 5.32 Å². The molecular weight excluding hydrogens is 314 g/mol. The average molecular weight is 330 g/mol. The molecule has 0 radical (unpaired) electrons. The number of fused-ring (bicyclic) bond motifs is 1. The maximum atomic E-state index is 12.3. The highest BCUT2D eigenvalue weighted by atomic mass is 79.9. The zero-order valence-corrected chi connectivity index (χ0v) is 12.6. The lowest BCUT2D eigenvalue weighted by atomic mass is 10.0. The van der Waals surface area contributed by atoms with Crippen LogP contribution in [-0.2, 0) is 9.84 Å². The van der Waals surface area contributed by atoms with Gasteiger partial charge in [0.15, 0.2) is 9.84 Å². The summed E-state index contributed by atoms with van der Waals surface area (Å²) in [6.45, 7) is 1.81. The van der Waals surface area contributed by atoms with Gasteiger partial charge in [-0.2, -0.15) is 0 Å². The van der Waals surface area contributed by atoms with Gasteiger partial charge in [0.25, 0.3) is 0 Å². The Kier molecular flexibility index (Phi) is 3.03. The van der Waals surface area contributed by atoms with Crippen molar-refractivity contribution in [3.05, 3.63) is 28.2 Å². The molecule has 0 bridgehead atoms. The van der Waals surface area contributed by atoms with Crippen molar-refractivity contribution in [2.75, 3.05) is 0 Å². The average Bonchev–Trinajstić information content (AvgIpc) is 3.10. The van der Waals surface area contributed by atoms with Crippen LogP contribution in [0.15, 0.2) is 27.6 Å². The van der Waals surface area contributed by atoms with Gasteiger partial charge in [-0.25, -0.2) is 8.42 Å². The molecule has 2 aliphatic rings. The molecular formula is C13H16BrNO2S. The van der Waals surface area contributed by atoms with Gasteiger partial charge in [-0.15, -0.1) is 0 Å². The summed E-state index contributed by atoms with van der Waals surface area (Å²) in [5, 5.41) is 3.26. The van der Waals surface area contributed by atoms with Gasteiger partial charge in [-0.3, -0.25) is 0 Å². The summed E-state index contributed by atoms with van der Waals surface area (Å²) in [6, 6.07) is 6.23. The molecule has 18 heavy (non-hydrogen) atoms. The molecule has 0 aromatic heterocycles. The summed E-state index contributed by atoms with van der Waals surface area (Å²) in [4.78, 5) is 0.502. The molecule has 98 valence electrons. The van der Waals surface area contributed by atoms with Gasteiger partial charge in [-0.05, 0) is 49.9 Å². The molecule has 1 aliphatic heterocycles. The molecule has 1 aromatic rings. The second-order valence-corrected chi connectivity index (χ2v) is 8.52. The van der Waals surface area contributed by atoms with Gasteiger partial charge in [0, 0.05) is 16.6 Å². The Morgan fingerprint density at radius 1 is 1.33 bits per heavy atom. The van der Waals surface area contributed by atoms with E-state index >= 15 is 0 Å². The van der Waals surface area contributed by atoms with E-state index in [1.807, 2.05) is 19.1 Å². The van der Waals surface area contributed by atoms with Crippen LogP contribution in [0.25, 0.3) is 0 Å². The third kappa shape index (κ3) is 2.12. The lowest BCUT2D eigenvalue weighted by molar-refractivity contribution is 0.460. The van der Waals surface area contributed by atoms with Crippen LogP contribution in [-0.4, -0.2) is 19.7 Å². The Balaban J connectivity index is 2.08. The van der Waals surface area contributed by atoms with Gasteiger partial charge in [-0.1, -0.05) is 15.9 Å². The van der Waals surface area contributed by atoms with E-state index in [9.17, 15) is 8.42 Å². The van der Waals surface area contributed by atoms with E-state index in [1.165, 1.54) is 12.8 Å². The largest absolute Gasteiger partial charge is 0.307 e. The van der Waals surface area contributed by atoms with Gasteiger partial charge in [0.1, 0.15) is 0 Å². The second kappa shape index (κ2) is 4.32. The van der Waals surface area contributed by atoms with E-state index < -0.39 is 9.84 Å². The fourth-order valence-electron chi connectivity index (χ4n) is 2.55. The number of halogens is 1. The minimum atomic E-state index is -3.15. The Morgan fingerprint density at radius 2 is 2.06 bits per heavy atom. The smallest absolute Gasteiger partial charge is 0.181 e. The molecule has 0 saturated heterocycles. The molecule has 2 unspecified atom stereocenters. The van der Waals surface area contributed by atoms with Gasteiger partial charge in [0.2, 0.25) is 0 Å². The molecule has 1 N–H and O–H groups in total. The predicted molar refractivity (Wildman–Crippen MR) is 74.3 cm³/mol. The van der Waals surface area contributed by atoms with Crippen LogP contribution in [0.5, 0.6) is 0 Å². The minimum Gasteiger partial charge on any atom is -0.307 e. The first-order valence-corrected chi connectivity index (χ1v) is 8.62. The summed E-state index contributed by atoms with van der Waals surface area (Å²) in [5.74, 6) is 0. The second-order valence-electron chi connectivity index (χ2n) is 5.27. The predicted octanol–water partition coefficient (Wildman–Crippen LogP) is 2.81. The van der Waals surface area contributed by atoms with Crippen LogP contribution in [0.4, 0.5) is 0 Å². The summed E-state index contributed by atoms with van der Waals surface area (Å²) in [5.41, 5.74) is 0.925. The molecule has 1 saturated carbocycles. The molecule has 1 heterocycles. The summed E-state index contributed by atoms with van der Waals surface area (Å²) in [6.07, 6.45) is 3.09. The molecule has 1 fully saturated rings. The highest BCUT2D eigenvalue weighted by Crippen LogP contribution is 2.39. The third-order valence-corrected chi connectivity index (χ3v) is 6.50. The maximum Gasteiger partial charge on any atom is 0.181 e. The zero-order valence-electron chi connectivity index (χ0n) is 10.2. The minimum absolute atomic E-state index is 0.170. The molecule has 3 nitrogen and oxygen atoms in total. The molecule has 5 heteroatoms. The molecule has 2 atom stereocenters. The van der Waals surface area contributed by atoms with E-state index in [2.05, 4.69) is 21.2 Å². The van der Waals surface area contributed by atoms with Crippen molar-refractivity contribution >= 4 is 25.8 Å². The number of nitrogens with one attached hydrogen (secondary N) is 1. The monoisotopic (exact) mass is 329 g/mol.